The molecule has 6 N–H and O–H groups in total. The normalized spacial score (nSPS) is 21.7. The SMILES string of the molecule is COC(=O)c1nn(COCC[Si](C)(C)C)c2ncnc(NC3CC[C@H](F)[C@H]3O)c12.C[Si](C)(C)CCOCn1nc(C(=O)O)c2c(NC3CC[C@H](F)[C@H]3O)ncnc21.[Na+].[OH-]. The number of fused-ring (bicyclic) bond motifs is 2. The number of aliphatic hydroxyl groups is 2. The molecule has 19 nitrogen and oxygen atoms in total. The van der Waals surface area contributed by atoms with E-state index in [4.69, 9.17) is 14.2 Å². The van der Waals surface area contributed by atoms with Gasteiger partial charge in [0.25, 0.3) is 0 Å². The Morgan fingerprint density at radius 1 is 0.746 bits per heavy atom. The number of methoxy groups -OCH3 is 1. The van der Waals surface area contributed by atoms with Crippen molar-refractivity contribution in [3.63, 3.8) is 0 Å². The molecule has 0 saturated heterocycles. The first kappa shape index (κ1) is 50.1. The molecule has 6 atom stereocenters. The standard InChI is InChI=1S/C18H28FN5O4Si.C17H26FN5O4Si.Na.H2O/c1-27-18(26)14-13-16(22-12-6-5-11(19)15(12)25)20-9-21-17(13)24(23-14)10-28-7-8-29(2,3)4;1-28(2,3)7-6-27-9-23-16-12(13(22-23)17(25)26)15(19-8-20-16)21-11-5-4-10(18)14(11)24;;/h9,11-12,15,25H,5-8,10H2,1-4H3,(H,20,21,22);8,10-11,14,24H,4-7,9H2,1-3H3,(H,25,26)(H,19,20,21);;1H2/q;;+1;/p-1/t11-,12?,15+;10-,11?,14+;;/m00../s1. The van der Waals surface area contributed by atoms with Crippen LogP contribution in [0.25, 0.3) is 22.1 Å². The van der Waals surface area contributed by atoms with Gasteiger partial charge in [0.1, 0.15) is 62.3 Å². The number of anilines is 2. The number of halogens is 2. The minimum Gasteiger partial charge on any atom is -0.870 e. The van der Waals surface area contributed by atoms with E-state index in [1.54, 1.807) is 0 Å². The Morgan fingerprint density at radius 3 is 1.51 bits per heavy atom. The summed E-state index contributed by atoms with van der Waals surface area (Å²) in [6.45, 7) is 14.9. The largest absolute Gasteiger partial charge is 1.00 e. The fourth-order valence-electron chi connectivity index (χ4n) is 6.39. The number of carboxylic acid groups (broad SMARTS) is 1. The molecule has 0 aromatic carbocycles. The van der Waals surface area contributed by atoms with E-state index in [1.807, 2.05) is 0 Å². The Balaban J connectivity index is 0.000000305. The van der Waals surface area contributed by atoms with Gasteiger partial charge in [-0.1, -0.05) is 39.3 Å². The van der Waals surface area contributed by atoms with Gasteiger partial charge in [-0.3, -0.25) is 0 Å². The summed E-state index contributed by atoms with van der Waals surface area (Å²) in [6, 6.07) is 0.919. The predicted molar refractivity (Wildman–Crippen MR) is 214 cm³/mol. The van der Waals surface area contributed by atoms with Crippen molar-refractivity contribution in [2.75, 3.05) is 31.0 Å². The molecule has 24 heteroatoms. The predicted octanol–water partition coefficient (Wildman–Crippen LogP) is 1.14. The molecule has 2 saturated carbocycles. The van der Waals surface area contributed by atoms with Gasteiger partial charge in [0, 0.05) is 29.4 Å². The van der Waals surface area contributed by atoms with E-state index in [9.17, 15) is 33.7 Å². The van der Waals surface area contributed by atoms with Crippen LogP contribution in [0.5, 0.6) is 0 Å². The van der Waals surface area contributed by atoms with Crippen LogP contribution in [0.2, 0.25) is 51.4 Å². The topological polar surface area (TPSA) is 264 Å². The van der Waals surface area contributed by atoms with E-state index in [1.165, 1.54) is 29.1 Å². The van der Waals surface area contributed by atoms with E-state index in [0.717, 1.165) is 12.1 Å². The van der Waals surface area contributed by atoms with Crippen molar-refractivity contribution in [2.45, 2.75) is 127 Å². The number of carbonyl (C=O) groups is 2. The van der Waals surface area contributed by atoms with Crippen molar-refractivity contribution in [2.24, 2.45) is 0 Å². The summed E-state index contributed by atoms with van der Waals surface area (Å²) in [4.78, 5) is 40.7. The van der Waals surface area contributed by atoms with Gasteiger partial charge in [0.15, 0.2) is 22.7 Å². The number of rotatable bonds is 16. The fraction of sp³-hybridized carbons (Fsp3) is 0.657. The Morgan fingerprint density at radius 2 is 1.15 bits per heavy atom. The molecular formula is C35H55F2N10NaO9Si2. The van der Waals surface area contributed by atoms with Crippen LogP contribution in [-0.2, 0) is 27.7 Å². The molecule has 4 aromatic heterocycles. The Bertz CT molecular complexity index is 2020. The average molecular weight is 877 g/mol. The molecule has 4 heterocycles. The zero-order valence-corrected chi connectivity index (χ0v) is 38.9. The van der Waals surface area contributed by atoms with Crippen LogP contribution in [0.3, 0.4) is 0 Å². The first-order chi connectivity index (χ1) is 26.9. The first-order valence-electron chi connectivity index (χ1n) is 19.0. The minimum absolute atomic E-state index is 0. The number of carboxylic acids is 1. The Kier molecular flexibility index (Phi) is 18.3. The van der Waals surface area contributed by atoms with Crippen LogP contribution >= 0.6 is 0 Å². The summed E-state index contributed by atoms with van der Waals surface area (Å²) in [5, 5.41) is 44.5. The van der Waals surface area contributed by atoms with Crippen LogP contribution in [0.1, 0.15) is 46.7 Å². The van der Waals surface area contributed by atoms with Crippen molar-refractivity contribution in [3.05, 3.63) is 24.0 Å². The maximum atomic E-state index is 13.7. The number of aromatic carboxylic acids is 1. The zero-order valence-electron chi connectivity index (χ0n) is 34.9. The number of hydrogen-bond acceptors (Lipinski definition) is 16. The molecule has 0 aliphatic heterocycles. The maximum absolute atomic E-state index is 13.7. The number of ether oxygens (including phenoxy) is 3. The van der Waals surface area contributed by atoms with Crippen LogP contribution in [0.4, 0.5) is 20.4 Å². The van der Waals surface area contributed by atoms with E-state index >= 15 is 0 Å². The molecule has 0 amide bonds. The van der Waals surface area contributed by atoms with Gasteiger partial charge in [-0.15, -0.1) is 0 Å². The van der Waals surface area contributed by atoms with Gasteiger partial charge in [-0.05, 0) is 37.8 Å². The number of carbonyl (C=O) groups excluding carboxylic acids is 1. The molecule has 0 bridgehead atoms. The van der Waals surface area contributed by atoms with Crippen molar-refractivity contribution in [1.29, 1.82) is 0 Å². The summed E-state index contributed by atoms with van der Waals surface area (Å²) in [5.41, 5.74) is 0.548. The minimum atomic E-state index is -1.31. The van der Waals surface area contributed by atoms with E-state index < -0.39 is 64.7 Å². The van der Waals surface area contributed by atoms with Gasteiger partial charge in [0.2, 0.25) is 0 Å². The average Bonchev–Trinajstić information content (AvgIpc) is 3.90. The number of aliphatic hydroxyl groups excluding tert-OH is 2. The molecule has 2 unspecified atom stereocenters. The van der Waals surface area contributed by atoms with Crippen LogP contribution < -0.4 is 40.2 Å². The molecule has 0 radical (unpaired) electrons. The Hall–Kier alpha value is -3.27. The molecule has 4 aromatic rings. The number of alkyl halides is 2. The number of nitrogens with one attached hydrogen (secondary N) is 2. The van der Waals surface area contributed by atoms with Gasteiger partial charge >= 0.3 is 41.5 Å². The van der Waals surface area contributed by atoms with Gasteiger partial charge in [-0.2, -0.15) is 10.2 Å². The van der Waals surface area contributed by atoms with Gasteiger partial charge in [0.05, 0.1) is 30.0 Å². The second-order valence-corrected chi connectivity index (χ2v) is 27.9. The van der Waals surface area contributed by atoms with Crippen molar-refractivity contribution < 1.29 is 82.9 Å². The van der Waals surface area contributed by atoms with Crippen LogP contribution in [0.15, 0.2) is 12.7 Å². The number of nitrogens with zero attached hydrogens (tertiary/aromatic N) is 8. The molecule has 322 valence electrons. The van der Waals surface area contributed by atoms with E-state index in [2.05, 4.69) is 80.0 Å². The monoisotopic (exact) mass is 876 g/mol. The molecule has 2 aliphatic rings. The summed E-state index contributed by atoms with van der Waals surface area (Å²) < 4.78 is 46.4. The van der Waals surface area contributed by atoms with Crippen molar-refractivity contribution in [1.82, 2.24) is 39.5 Å². The summed E-state index contributed by atoms with van der Waals surface area (Å²) in [6.07, 6.45) is -0.905. The molecule has 6 rings (SSSR count). The maximum Gasteiger partial charge on any atom is 1.00 e. The third-order valence-corrected chi connectivity index (χ3v) is 13.2. The zero-order chi connectivity index (χ0) is 41.7. The number of hydrogen-bond donors (Lipinski definition) is 5. The molecule has 59 heavy (non-hydrogen) atoms. The third-order valence-electron chi connectivity index (χ3n) is 9.78. The number of aromatic nitrogens is 8. The molecule has 2 fully saturated rings. The molecule has 2 aliphatic carbocycles. The van der Waals surface area contributed by atoms with Crippen molar-refractivity contribution in [3.8, 4) is 0 Å². The summed E-state index contributed by atoms with van der Waals surface area (Å²) in [5.74, 6) is -1.33. The Labute approximate surface area is 364 Å². The van der Waals surface area contributed by atoms with E-state index in [-0.39, 0.29) is 83.9 Å². The second kappa shape index (κ2) is 21.5. The third kappa shape index (κ3) is 12.9. The smallest absolute Gasteiger partial charge is 0.870 e. The molecule has 0 spiro atoms. The summed E-state index contributed by atoms with van der Waals surface area (Å²) >= 11 is 0. The van der Waals surface area contributed by atoms with Crippen molar-refractivity contribution >= 4 is 61.8 Å². The quantitative estimate of drug-likeness (QED) is 0.0600. The van der Waals surface area contributed by atoms with Crippen LogP contribution in [-0.4, -0.2) is 145 Å². The van der Waals surface area contributed by atoms with Gasteiger partial charge < -0.3 is 45.6 Å². The van der Waals surface area contributed by atoms with Crippen LogP contribution in [0, 0.1) is 0 Å². The van der Waals surface area contributed by atoms with Gasteiger partial charge in [-0.25, -0.2) is 47.7 Å². The molecular weight excluding hydrogens is 822 g/mol. The van der Waals surface area contributed by atoms with E-state index in [0.29, 0.717) is 48.6 Å². The summed E-state index contributed by atoms with van der Waals surface area (Å²) in [7, 11) is -1.20. The first-order valence-corrected chi connectivity index (χ1v) is 26.4. The second-order valence-electron chi connectivity index (χ2n) is 16.7. The number of esters is 1. The fourth-order valence-corrected chi connectivity index (χ4v) is 7.91.